The number of likely N-dealkylation sites (tertiary alicyclic amines) is 1. The summed E-state index contributed by atoms with van der Waals surface area (Å²) in [5, 5.41) is 5.03. The monoisotopic (exact) mass is 379 g/mol. The van der Waals surface area contributed by atoms with Crippen molar-refractivity contribution in [3.8, 4) is 5.69 Å². The average molecular weight is 380 g/mol. The van der Waals surface area contributed by atoms with Gasteiger partial charge in [-0.2, -0.15) is 5.10 Å². The fourth-order valence-corrected chi connectivity index (χ4v) is 3.84. The molecule has 1 unspecified atom stereocenters. The minimum atomic E-state index is 0.0748. The highest BCUT2D eigenvalue weighted by atomic mass is 35.5. The second-order valence-corrected chi connectivity index (χ2v) is 7.41. The molecule has 0 N–H and O–H groups in total. The van der Waals surface area contributed by atoms with E-state index in [1.54, 1.807) is 17.1 Å². The molecule has 5 heteroatoms. The Morgan fingerprint density at radius 2 is 1.89 bits per heavy atom. The van der Waals surface area contributed by atoms with Crippen LogP contribution < -0.4 is 0 Å². The van der Waals surface area contributed by atoms with Crippen LogP contribution >= 0.6 is 11.6 Å². The first-order chi connectivity index (χ1) is 13.2. The van der Waals surface area contributed by atoms with E-state index in [0.717, 1.165) is 37.9 Å². The summed E-state index contributed by atoms with van der Waals surface area (Å²) in [7, 11) is 0. The van der Waals surface area contributed by atoms with Gasteiger partial charge in [0.1, 0.15) is 0 Å². The van der Waals surface area contributed by atoms with Crippen molar-refractivity contribution in [1.29, 1.82) is 0 Å². The third-order valence-electron chi connectivity index (χ3n) is 5.17. The number of nitrogens with zero attached hydrogens (tertiary/aromatic N) is 3. The minimum absolute atomic E-state index is 0.0748. The molecule has 1 amide bonds. The van der Waals surface area contributed by atoms with Gasteiger partial charge < -0.3 is 4.90 Å². The Labute approximate surface area is 164 Å². The van der Waals surface area contributed by atoms with E-state index < -0.39 is 0 Å². The number of carbonyl (C=O) groups is 1. The van der Waals surface area contributed by atoms with Crippen LogP contribution in [0.1, 0.15) is 35.2 Å². The Bertz CT molecular complexity index is 905. The summed E-state index contributed by atoms with van der Waals surface area (Å²) in [6.45, 7) is 0.824. The normalized spacial score (nSPS) is 16.6. The first-order valence-corrected chi connectivity index (χ1v) is 9.74. The molecule has 1 aromatic heterocycles. The number of halogens is 1. The number of amides is 1. The Hall–Kier alpha value is -2.59. The molecule has 2 aromatic carbocycles. The summed E-state index contributed by atoms with van der Waals surface area (Å²) in [6.07, 6.45) is 7.60. The van der Waals surface area contributed by atoms with Crippen molar-refractivity contribution >= 4 is 17.5 Å². The van der Waals surface area contributed by atoms with Crippen molar-refractivity contribution < 1.29 is 4.79 Å². The number of hydrogen-bond acceptors (Lipinski definition) is 2. The van der Waals surface area contributed by atoms with Gasteiger partial charge >= 0.3 is 0 Å². The minimum Gasteiger partial charge on any atom is -0.336 e. The molecule has 27 heavy (non-hydrogen) atoms. The molecular formula is C22H22ClN3O. The van der Waals surface area contributed by atoms with Crippen molar-refractivity contribution in [2.45, 2.75) is 31.7 Å². The molecule has 2 heterocycles. The van der Waals surface area contributed by atoms with E-state index in [9.17, 15) is 4.79 Å². The van der Waals surface area contributed by atoms with Gasteiger partial charge in [-0.25, -0.2) is 4.68 Å². The van der Waals surface area contributed by atoms with Crippen molar-refractivity contribution in [2.24, 2.45) is 0 Å². The summed E-state index contributed by atoms with van der Waals surface area (Å²) in [5.74, 6) is 0.0748. The maximum Gasteiger partial charge on any atom is 0.257 e. The predicted molar refractivity (Wildman–Crippen MR) is 107 cm³/mol. The second kappa shape index (κ2) is 7.97. The third-order valence-corrected chi connectivity index (χ3v) is 5.42. The highest BCUT2D eigenvalue weighted by molar-refractivity contribution is 6.30. The van der Waals surface area contributed by atoms with Crippen LogP contribution in [0, 0.1) is 0 Å². The lowest BCUT2D eigenvalue weighted by atomic mass is 10.0. The van der Waals surface area contributed by atoms with E-state index in [0.29, 0.717) is 16.6 Å². The predicted octanol–water partition coefficient (Wildman–Crippen LogP) is 4.76. The van der Waals surface area contributed by atoms with Gasteiger partial charge in [0.2, 0.25) is 0 Å². The molecule has 138 valence electrons. The fourth-order valence-electron chi connectivity index (χ4n) is 3.72. The number of aryl methyl sites for hydroxylation is 1. The van der Waals surface area contributed by atoms with E-state index >= 15 is 0 Å². The van der Waals surface area contributed by atoms with Crippen LogP contribution in [0.4, 0.5) is 0 Å². The van der Waals surface area contributed by atoms with E-state index in [4.69, 9.17) is 11.6 Å². The smallest absolute Gasteiger partial charge is 0.257 e. The lowest BCUT2D eigenvalue weighted by Crippen LogP contribution is -2.35. The number of aromatic nitrogens is 2. The van der Waals surface area contributed by atoms with Crippen LogP contribution in [-0.4, -0.2) is 33.2 Å². The Kier molecular flexibility index (Phi) is 5.26. The topological polar surface area (TPSA) is 38.1 Å². The van der Waals surface area contributed by atoms with Crippen LogP contribution in [0.3, 0.4) is 0 Å². The quantitative estimate of drug-likeness (QED) is 0.640. The summed E-state index contributed by atoms with van der Waals surface area (Å²) >= 11 is 5.94. The zero-order chi connectivity index (χ0) is 18.6. The van der Waals surface area contributed by atoms with Gasteiger partial charge in [0.15, 0.2) is 0 Å². The third kappa shape index (κ3) is 4.06. The first-order valence-electron chi connectivity index (χ1n) is 9.36. The van der Waals surface area contributed by atoms with Gasteiger partial charge in [-0.3, -0.25) is 4.79 Å². The molecule has 4 nitrogen and oxygen atoms in total. The van der Waals surface area contributed by atoms with Gasteiger partial charge in [-0.05, 0) is 55.5 Å². The van der Waals surface area contributed by atoms with Crippen molar-refractivity contribution in [3.05, 3.63) is 83.1 Å². The van der Waals surface area contributed by atoms with Crippen LogP contribution in [0.2, 0.25) is 5.02 Å². The Balaban J connectivity index is 1.44. The molecule has 1 aliphatic heterocycles. The summed E-state index contributed by atoms with van der Waals surface area (Å²) in [6, 6.07) is 18.2. The molecular weight excluding hydrogens is 358 g/mol. The van der Waals surface area contributed by atoms with Crippen LogP contribution in [-0.2, 0) is 6.42 Å². The van der Waals surface area contributed by atoms with Crippen LogP contribution in [0.5, 0.6) is 0 Å². The standard InChI is InChI=1S/C22H22ClN3O/c23-19-9-12-21(13-10-19)26-16-18(15-24-26)22(27)25-14-4-7-20(25)11-8-17-5-2-1-3-6-17/h1-3,5-6,9-10,12-13,15-16,20H,4,7-8,11,14H2. The lowest BCUT2D eigenvalue weighted by molar-refractivity contribution is 0.0730. The molecule has 3 aromatic rings. The molecule has 0 bridgehead atoms. The second-order valence-electron chi connectivity index (χ2n) is 6.97. The molecule has 0 saturated carbocycles. The van der Waals surface area contributed by atoms with Crippen LogP contribution in [0.15, 0.2) is 67.0 Å². The Morgan fingerprint density at radius 1 is 1.11 bits per heavy atom. The molecule has 1 saturated heterocycles. The molecule has 4 rings (SSSR count). The highest BCUT2D eigenvalue weighted by Gasteiger charge is 2.29. The van der Waals surface area contributed by atoms with Crippen molar-refractivity contribution in [3.63, 3.8) is 0 Å². The number of benzene rings is 2. The number of carbonyl (C=O) groups excluding carboxylic acids is 1. The number of hydrogen-bond donors (Lipinski definition) is 0. The van der Waals surface area contributed by atoms with Crippen molar-refractivity contribution in [2.75, 3.05) is 6.54 Å². The fraction of sp³-hybridized carbons (Fsp3) is 0.273. The molecule has 1 atom stereocenters. The molecule has 0 spiro atoms. The van der Waals surface area contributed by atoms with Crippen molar-refractivity contribution in [1.82, 2.24) is 14.7 Å². The van der Waals surface area contributed by atoms with Gasteiger partial charge in [-0.15, -0.1) is 0 Å². The Morgan fingerprint density at radius 3 is 2.67 bits per heavy atom. The van der Waals surface area contributed by atoms with Gasteiger partial charge in [0.05, 0.1) is 17.4 Å². The molecule has 1 fully saturated rings. The van der Waals surface area contributed by atoms with Gasteiger partial charge in [-0.1, -0.05) is 41.9 Å². The van der Waals surface area contributed by atoms with Crippen LogP contribution in [0.25, 0.3) is 5.69 Å². The summed E-state index contributed by atoms with van der Waals surface area (Å²) in [5.41, 5.74) is 2.85. The molecule has 0 radical (unpaired) electrons. The summed E-state index contributed by atoms with van der Waals surface area (Å²) in [4.78, 5) is 15.0. The number of rotatable bonds is 5. The lowest BCUT2D eigenvalue weighted by Gasteiger charge is -2.24. The zero-order valence-corrected chi connectivity index (χ0v) is 15.8. The van der Waals surface area contributed by atoms with E-state index in [2.05, 4.69) is 29.4 Å². The van der Waals surface area contributed by atoms with E-state index in [1.165, 1.54) is 5.56 Å². The van der Waals surface area contributed by atoms with E-state index in [-0.39, 0.29) is 5.91 Å². The largest absolute Gasteiger partial charge is 0.336 e. The van der Waals surface area contributed by atoms with E-state index in [1.807, 2.05) is 35.2 Å². The van der Waals surface area contributed by atoms with Gasteiger partial charge in [0, 0.05) is 23.8 Å². The van der Waals surface area contributed by atoms with Gasteiger partial charge in [0.25, 0.3) is 5.91 Å². The molecule has 1 aliphatic rings. The maximum absolute atomic E-state index is 13.0. The zero-order valence-electron chi connectivity index (χ0n) is 15.1. The maximum atomic E-state index is 13.0. The average Bonchev–Trinajstić information content (AvgIpc) is 3.37. The summed E-state index contributed by atoms with van der Waals surface area (Å²) < 4.78 is 1.72. The highest BCUT2D eigenvalue weighted by Crippen LogP contribution is 2.24. The SMILES string of the molecule is O=C(c1cnn(-c2ccc(Cl)cc2)c1)N1CCCC1CCc1ccccc1. The first kappa shape index (κ1) is 17.8. The molecule has 0 aliphatic carbocycles.